The third-order valence-electron chi connectivity index (χ3n) is 5.61. The molecule has 0 radical (unpaired) electrons. The Bertz CT molecular complexity index is 1150. The van der Waals surface area contributed by atoms with Crippen LogP contribution in [0.4, 0.5) is 0 Å². The summed E-state index contributed by atoms with van der Waals surface area (Å²) in [5, 5.41) is 6.96. The van der Waals surface area contributed by atoms with Crippen LogP contribution < -0.4 is 10.6 Å². The highest BCUT2D eigenvalue weighted by Gasteiger charge is 2.28. The van der Waals surface area contributed by atoms with Crippen LogP contribution in [0.3, 0.4) is 0 Å². The zero-order chi connectivity index (χ0) is 22.3. The van der Waals surface area contributed by atoms with E-state index in [2.05, 4.69) is 15.6 Å². The highest BCUT2D eigenvalue weighted by atomic mass is 16.2. The average Bonchev–Trinajstić information content (AvgIpc) is 3.23. The predicted octanol–water partition coefficient (Wildman–Crippen LogP) is 4.16. The van der Waals surface area contributed by atoms with Gasteiger partial charge >= 0.3 is 0 Å². The number of amides is 2. The molecular weight excluding hydrogens is 398 g/mol. The van der Waals surface area contributed by atoms with Gasteiger partial charge in [0, 0.05) is 30.1 Å². The molecule has 2 amide bonds. The maximum Gasteiger partial charge on any atom is 0.242 e. The minimum Gasteiger partial charge on any atom is -0.361 e. The Hall–Kier alpha value is -3.86. The van der Waals surface area contributed by atoms with E-state index in [4.69, 9.17) is 0 Å². The second-order valence-electron chi connectivity index (χ2n) is 7.77. The van der Waals surface area contributed by atoms with Gasteiger partial charge in [-0.05, 0) is 29.7 Å². The molecule has 0 fully saturated rings. The number of H-pyrrole nitrogens is 1. The van der Waals surface area contributed by atoms with Crippen molar-refractivity contribution < 1.29 is 9.59 Å². The zero-order valence-corrected chi connectivity index (χ0v) is 18.0. The first-order valence-electron chi connectivity index (χ1n) is 10.9. The molecule has 5 heteroatoms. The molecule has 0 spiro atoms. The van der Waals surface area contributed by atoms with Crippen LogP contribution in [0.15, 0.2) is 91.1 Å². The number of carbonyl (C=O) groups excluding carboxylic acids is 2. The van der Waals surface area contributed by atoms with Gasteiger partial charge < -0.3 is 15.6 Å². The lowest BCUT2D eigenvalue weighted by atomic mass is 9.90. The molecule has 0 aliphatic heterocycles. The van der Waals surface area contributed by atoms with Crippen LogP contribution >= 0.6 is 0 Å². The smallest absolute Gasteiger partial charge is 0.242 e. The maximum absolute atomic E-state index is 13.6. The van der Waals surface area contributed by atoms with Gasteiger partial charge in [-0.2, -0.15) is 0 Å². The Kier molecular flexibility index (Phi) is 6.66. The first kappa shape index (κ1) is 21.4. The number of rotatable bonds is 8. The number of carbonyl (C=O) groups is 2. The van der Waals surface area contributed by atoms with Crippen molar-refractivity contribution >= 4 is 22.7 Å². The van der Waals surface area contributed by atoms with E-state index in [1.807, 2.05) is 98.0 Å². The zero-order valence-electron chi connectivity index (χ0n) is 18.0. The summed E-state index contributed by atoms with van der Waals surface area (Å²) in [7, 11) is 0. The maximum atomic E-state index is 13.6. The largest absolute Gasteiger partial charge is 0.361 e. The molecule has 3 N–H and O–H groups in total. The number of hydrogen-bond acceptors (Lipinski definition) is 2. The molecule has 3 aromatic carbocycles. The summed E-state index contributed by atoms with van der Waals surface area (Å²) in [4.78, 5) is 29.7. The van der Waals surface area contributed by atoms with Crippen molar-refractivity contribution in [2.45, 2.75) is 25.3 Å². The number of aromatic amines is 1. The third kappa shape index (κ3) is 4.72. The summed E-state index contributed by atoms with van der Waals surface area (Å²) in [6, 6.07) is 26.6. The molecule has 0 saturated carbocycles. The van der Waals surface area contributed by atoms with E-state index >= 15 is 0 Å². The minimum absolute atomic E-state index is 0.189. The fourth-order valence-corrected chi connectivity index (χ4v) is 4.07. The van der Waals surface area contributed by atoms with Crippen LogP contribution in [0, 0.1) is 0 Å². The van der Waals surface area contributed by atoms with Gasteiger partial charge in [-0.1, -0.05) is 78.9 Å². The summed E-state index contributed by atoms with van der Waals surface area (Å²) in [6.45, 7) is 2.37. The van der Waals surface area contributed by atoms with Crippen molar-refractivity contribution in [3.8, 4) is 0 Å². The molecule has 1 atom stereocenters. The van der Waals surface area contributed by atoms with E-state index in [9.17, 15) is 9.59 Å². The van der Waals surface area contributed by atoms with Crippen molar-refractivity contribution in [1.82, 2.24) is 15.6 Å². The van der Waals surface area contributed by atoms with E-state index < -0.39 is 12.0 Å². The molecule has 0 aliphatic carbocycles. The molecule has 162 valence electrons. The van der Waals surface area contributed by atoms with E-state index in [1.165, 1.54) is 0 Å². The van der Waals surface area contributed by atoms with Crippen LogP contribution in [0.1, 0.15) is 29.5 Å². The fourth-order valence-electron chi connectivity index (χ4n) is 4.07. The lowest BCUT2D eigenvalue weighted by Crippen LogP contribution is -2.49. The Labute approximate surface area is 187 Å². The molecular formula is C27H27N3O2. The molecule has 32 heavy (non-hydrogen) atoms. The Morgan fingerprint density at radius 2 is 1.41 bits per heavy atom. The Morgan fingerprint density at radius 1 is 0.812 bits per heavy atom. The SMILES string of the molecule is CCNC(=O)[C@@H](Cc1c[nH]c2ccccc12)NC(=O)C(c1ccccc1)c1ccccc1. The van der Waals surface area contributed by atoms with Gasteiger partial charge in [0.05, 0.1) is 5.92 Å². The van der Waals surface area contributed by atoms with E-state index in [1.54, 1.807) is 0 Å². The molecule has 0 unspecified atom stereocenters. The number of benzene rings is 3. The van der Waals surface area contributed by atoms with Gasteiger partial charge in [0.15, 0.2) is 0 Å². The van der Waals surface area contributed by atoms with Gasteiger partial charge in [0.2, 0.25) is 11.8 Å². The van der Waals surface area contributed by atoms with Crippen LogP contribution in [0.2, 0.25) is 0 Å². The Balaban J connectivity index is 1.64. The molecule has 1 aromatic heterocycles. The molecule has 1 heterocycles. The second-order valence-corrected chi connectivity index (χ2v) is 7.77. The lowest BCUT2D eigenvalue weighted by Gasteiger charge is -2.23. The van der Waals surface area contributed by atoms with Gasteiger partial charge in [-0.25, -0.2) is 0 Å². The van der Waals surface area contributed by atoms with Gasteiger partial charge in [-0.15, -0.1) is 0 Å². The van der Waals surface area contributed by atoms with Crippen molar-refractivity contribution in [1.29, 1.82) is 0 Å². The van der Waals surface area contributed by atoms with Crippen molar-refractivity contribution in [3.05, 3.63) is 108 Å². The lowest BCUT2D eigenvalue weighted by molar-refractivity contribution is -0.129. The summed E-state index contributed by atoms with van der Waals surface area (Å²) in [5.41, 5.74) is 3.78. The third-order valence-corrected chi connectivity index (χ3v) is 5.61. The molecule has 0 bridgehead atoms. The molecule has 0 saturated heterocycles. The predicted molar refractivity (Wildman–Crippen MR) is 127 cm³/mol. The van der Waals surface area contributed by atoms with Crippen molar-refractivity contribution in [2.24, 2.45) is 0 Å². The van der Waals surface area contributed by atoms with E-state index in [0.717, 1.165) is 27.6 Å². The monoisotopic (exact) mass is 425 g/mol. The van der Waals surface area contributed by atoms with Gasteiger partial charge in [0.25, 0.3) is 0 Å². The average molecular weight is 426 g/mol. The molecule has 0 aliphatic rings. The summed E-state index contributed by atoms with van der Waals surface area (Å²) >= 11 is 0. The first-order chi connectivity index (χ1) is 15.7. The topological polar surface area (TPSA) is 74.0 Å². The van der Waals surface area contributed by atoms with Crippen LogP contribution in [0.25, 0.3) is 10.9 Å². The first-order valence-corrected chi connectivity index (χ1v) is 10.9. The molecule has 4 rings (SSSR count). The number of hydrogen-bond donors (Lipinski definition) is 3. The standard InChI is InChI=1S/C27H27N3O2/c1-2-28-26(31)24(17-21-18-29-23-16-10-9-15-22(21)23)30-27(32)25(19-11-5-3-6-12-19)20-13-7-4-8-14-20/h3-16,18,24-25,29H,2,17H2,1H3,(H,28,31)(H,30,32)/t24-/m1/s1. The van der Waals surface area contributed by atoms with Crippen LogP contribution in [0.5, 0.6) is 0 Å². The van der Waals surface area contributed by atoms with Crippen molar-refractivity contribution in [2.75, 3.05) is 6.54 Å². The van der Waals surface area contributed by atoms with E-state index in [-0.39, 0.29) is 11.8 Å². The number of fused-ring (bicyclic) bond motifs is 1. The summed E-state index contributed by atoms with van der Waals surface area (Å²) in [6.07, 6.45) is 2.31. The number of aromatic nitrogens is 1. The van der Waals surface area contributed by atoms with Crippen LogP contribution in [-0.4, -0.2) is 29.4 Å². The Morgan fingerprint density at radius 3 is 2.03 bits per heavy atom. The van der Waals surface area contributed by atoms with Gasteiger partial charge in [0.1, 0.15) is 6.04 Å². The number of likely N-dealkylation sites (N-methyl/N-ethyl adjacent to an activating group) is 1. The minimum atomic E-state index is -0.684. The summed E-state index contributed by atoms with van der Waals surface area (Å²) in [5.74, 6) is -0.887. The fraction of sp³-hybridized carbons (Fsp3) is 0.185. The number of para-hydroxylation sites is 1. The molecule has 5 nitrogen and oxygen atoms in total. The molecule has 4 aromatic rings. The summed E-state index contributed by atoms with van der Waals surface area (Å²) < 4.78 is 0. The van der Waals surface area contributed by atoms with E-state index in [0.29, 0.717) is 13.0 Å². The van der Waals surface area contributed by atoms with Gasteiger partial charge in [-0.3, -0.25) is 9.59 Å². The highest BCUT2D eigenvalue weighted by molar-refractivity contribution is 5.93. The second kappa shape index (κ2) is 9.96. The highest BCUT2D eigenvalue weighted by Crippen LogP contribution is 2.25. The normalized spacial score (nSPS) is 11.9. The quantitative estimate of drug-likeness (QED) is 0.397. The van der Waals surface area contributed by atoms with Crippen LogP contribution in [-0.2, 0) is 16.0 Å². The number of nitrogens with one attached hydrogen (secondary N) is 3. The van der Waals surface area contributed by atoms with Crippen molar-refractivity contribution in [3.63, 3.8) is 0 Å².